The first-order valence-corrected chi connectivity index (χ1v) is 9.13. The zero-order valence-corrected chi connectivity index (χ0v) is 16.2. The number of carbonyl (C=O) groups is 1. The zero-order chi connectivity index (χ0) is 15.4. The van der Waals surface area contributed by atoms with E-state index in [4.69, 9.17) is 4.55 Å². The Hall–Kier alpha value is 0.540. The predicted octanol–water partition coefficient (Wildman–Crippen LogP) is -0.158. The normalized spacial score (nSPS) is 12.7. The standard InChI is InChI=1S/C14H28O5S.Na.H/c1-2-3-4-5-6-7-8-9-10-11-13(15)14(16)12-20(17,18)19;;/h14,16H,2-12H2,1H3,(H,17,18,19);;/q;+1;-1. The molecule has 1 unspecified atom stereocenters. The van der Waals surface area contributed by atoms with Crippen molar-refractivity contribution in [3.05, 3.63) is 0 Å². The van der Waals surface area contributed by atoms with Gasteiger partial charge in [-0.2, -0.15) is 8.42 Å². The van der Waals surface area contributed by atoms with E-state index in [0.717, 1.165) is 19.3 Å². The van der Waals surface area contributed by atoms with Gasteiger partial charge >= 0.3 is 29.6 Å². The van der Waals surface area contributed by atoms with E-state index in [2.05, 4.69) is 6.92 Å². The molecule has 122 valence electrons. The Morgan fingerprint density at radius 3 is 1.86 bits per heavy atom. The molecule has 0 aliphatic heterocycles. The summed E-state index contributed by atoms with van der Waals surface area (Å²) in [6.07, 6.45) is 8.68. The maximum absolute atomic E-state index is 11.4. The van der Waals surface area contributed by atoms with Crippen molar-refractivity contribution in [1.82, 2.24) is 0 Å². The smallest absolute Gasteiger partial charge is 1.00 e. The van der Waals surface area contributed by atoms with Crippen molar-refractivity contribution in [2.45, 2.75) is 77.2 Å². The SMILES string of the molecule is CCCCCCCCCCCC(=O)C(O)CS(=O)(=O)O.[H-].[Na+]. The van der Waals surface area contributed by atoms with Crippen LogP contribution in [0.3, 0.4) is 0 Å². The van der Waals surface area contributed by atoms with E-state index in [9.17, 15) is 18.3 Å². The number of aliphatic hydroxyl groups excluding tert-OH is 1. The summed E-state index contributed by atoms with van der Waals surface area (Å²) >= 11 is 0. The van der Waals surface area contributed by atoms with E-state index in [1.807, 2.05) is 0 Å². The molecule has 2 N–H and O–H groups in total. The molecule has 0 aromatic carbocycles. The fourth-order valence-electron chi connectivity index (χ4n) is 2.07. The molecule has 0 saturated heterocycles. The molecular formula is C14H29NaO5S. The molecule has 5 nitrogen and oxygen atoms in total. The molecule has 21 heavy (non-hydrogen) atoms. The number of unbranched alkanes of at least 4 members (excludes halogenated alkanes) is 8. The molecule has 1 atom stereocenters. The van der Waals surface area contributed by atoms with Gasteiger partial charge in [0, 0.05) is 6.42 Å². The first kappa shape index (κ1) is 23.8. The van der Waals surface area contributed by atoms with E-state index in [1.54, 1.807) is 0 Å². The van der Waals surface area contributed by atoms with Crippen LogP contribution in [-0.4, -0.2) is 35.7 Å². The molecule has 0 aliphatic rings. The maximum atomic E-state index is 11.4. The summed E-state index contributed by atoms with van der Waals surface area (Å²) in [5, 5.41) is 9.29. The Labute approximate surface area is 152 Å². The molecule has 0 heterocycles. The molecule has 0 fully saturated rings. The molecule has 0 saturated carbocycles. The van der Waals surface area contributed by atoms with Crippen molar-refractivity contribution in [3.8, 4) is 0 Å². The molecule has 0 aromatic heterocycles. The zero-order valence-electron chi connectivity index (χ0n) is 14.4. The van der Waals surface area contributed by atoms with Crippen LogP contribution in [-0.2, 0) is 14.9 Å². The molecular weight excluding hydrogens is 303 g/mol. The maximum Gasteiger partial charge on any atom is 1.00 e. The summed E-state index contributed by atoms with van der Waals surface area (Å²) in [4.78, 5) is 11.4. The van der Waals surface area contributed by atoms with Gasteiger partial charge in [0.15, 0.2) is 5.78 Å². The third-order valence-electron chi connectivity index (χ3n) is 3.27. The second-order valence-electron chi connectivity index (χ2n) is 5.31. The van der Waals surface area contributed by atoms with Crippen molar-refractivity contribution in [1.29, 1.82) is 0 Å². The molecule has 0 bridgehead atoms. The van der Waals surface area contributed by atoms with Gasteiger partial charge in [-0.3, -0.25) is 9.35 Å². The minimum Gasteiger partial charge on any atom is -1.00 e. The molecule has 0 aromatic rings. The molecule has 0 rings (SSSR count). The van der Waals surface area contributed by atoms with Crippen molar-refractivity contribution >= 4 is 15.9 Å². The summed E-state index contributed by atoms with van der Waals surface area (Å²) in [5.41, 5.74) is 0. The van der Waals surface area contributed by atoms with Gasteiger partial charge in [0.05, 0.1) is 0 Å². The molecule has 0 spiro atoms. The Morgan fingerprint density at radius 2 is 1.43 bits per heavy atom. The van der Waals surface area contributed by atoms with Crippen molar-refractivity contribution in [2.24, 2.45) is 0 Å². The van der Waals surface area contributed by atoms with Crippen LogP contribution in [0.2, 0.25) is 0 Å². The number of ketones is 1. The van der Waals surface area contributed by atoms with Crippen molar-refractivity contribution in [2.75, 3.05) is 5.75 Å². The summed E-state index contributed by atoms with van der Waals surface area (Å²) in [7, 11) is -4.29. The molecule has 7 heteroatoms. The third-order valence-corrected chi connectivity index (χ3v) is 4.00. The predicted molar refractivity (Wildman–Crippen MR) is 80.4 cm³/mol. The van der Waals surface area contributed by atoms with E-state index in [-0.39, 0.29) is 37.4 Å². The van der Waals surface area contributed by atoms with Crippen LogP contribution >= 0.6 is 0 Å². The fourth-order valence-corrected chi connectivity index (χ4v) is 2.65. The molecule has 0 radical (unpaired) electrons. The third kappa shape index (κ3) is 16.7. The van der Waals surface area contributed by atoms with Gasteiger partial charge in [0.2, 0.25) is 0 Å². The van der Waals surface area contributed by atoms with E-state index >= 15 is 0 Å². The largest absolute Gasteiger partial charge is 1.00 e. The van der Waals surface area contributed by atoms with Gasteiger partial charge in [0.25, 0.3) is 10.1 Å². The van der Waals surface area contributed by atoms with Crippen molar-refractivity contribution in [3.63, 3.8) is 0 Å². The van der Waals surface area contributed by atoms with Gasteiger partial charge < -0.3 is 6.53 Å². The van der Waals surface area contributed by atoms with Crippen molar-refractivity contribution < 1.29 is 53.9 Å². The van der Waals surface area contributed by atoms with Crippen LogP contribution in [0.25, 0.3) is 0 Å². The van der Waals surface area contributed by atoms with Crippen LogP contribution in [0.1, 0.15) is 72.6 Å². The van der Waals surface area contributed by atoms with Crippen LogP contribution in [0.15, 0.2) is 0 Å². The number of Topliss-reactive ketones (excluding diaryl/α,β-unsaturated/α-hetero) is 1. The fraction of sp³-hybridized carbons (Fsp3) is 0.929. The van der Waals surface area contributed by atoms with Crippen LogP contribution in [0, 0.1) is 0 Å². The monoisotopic (exact) mass is 332 g/mol. The quantitative estimate of drug-likeness (QED) is 0.278. The first-order chi connectivity index (χ1) is 9.37. The summed E-state index contributed by atoms with van der Waals surface area (Å²) < 4.78 is 29.6. The molecule has 0 amide bonds. The average Bonchev–Trinajstić information content (AvgIpc) is 2.34. The first-order valence-electron chi connectivity index (χ1n) is 7.52. The Kier molecular flexibility index (Phi) is 16.0. The van der Waals surface area contributed by atoms with Gasteiger partial charge in [-0.1, -0.05) is 58.3 Å². The minimum absolute atomic E-state index is 0. The van der Waals surface area contributed by atoms with Gasteiger partial charge in [-0.25, -0.2) is 0 Å². The number of hydrogen-bond donors (Lipinski definition) is 2. The van der Waals surface area contributed by atoms with E-state index in [1.165, 1.54) is 32.1 Å². The number of aliphatic hydroxyl groups is 1. The van der Waals surface area contributed by atoms with Crippen LogP contribution in [0.5, 0.6) is 0 Å². The number of carbonyl (C=O) groups excluding carboxylic acids is 1. The summed E-state index contributed by atoms with van der Waals surface area (Å²) in [6.45, 7) is 2.19. The number of hydrogen-bond acceptors (Lipinski definition) is 4. The Bertz CT molecular complexity index is 362. The summed E-state index contributed by atoms with van der Waals surface area (Å²) in [6, 6.07) is 0. The average molecular weight is 332 g/mol. The topological polar surface area (TPSA) is 91.7 Å². The minimum atomic E-state index is -4.29. The van der Waals surface area contributed by atoms with Crippen LogP contribution < -0.4 is 29.6 Å². The second-order valence-corrected chi connectivity index (χ2v) is 6.81. The van der Waals surface area contributed by atoms with Gasteiger partial charge in [-0.15, -0.1) is 0 Å². The van der Waals surface area contributed by atoms with Crippen LogP contribution in [0.4, 0.5) is 0 Å². The summed E-state index contributed by atoms with van der Waals surface area (Å²) in [5.74, 6) is -1.41. The molecule has 0 aliphatic carbocycles. The van der Waals surface area contributed by atoms with E-state index in [0.29, 0.717) is 6.42 Å². The van der Waals surface area contributed by atoms with E-state index < -0.39 is 27.8 Å². The van der Waals surface area contributed by atoms with Gasteiger partial charge in [-0.05, 0) is 6.42 Å². The van der Waals surface area contributed by atoms with Gasteiger partial charge in [0.1, 0.15) is 11.9 Å². The Morgan fingerprint density at radius 1 is 1.00 bits per heavy atom. The number of rotatable bonds is 13. The second kappa shape index (κ2) is 14.2. The Balaban J connectivity index is -0.00000180.